The maximum Gasteiger partial charge on any atom is 0.418 e. The summed E-state index contributed by atoms with van der Waals surface area (Å²) in [6.07, 6.45) is -4.69. The zero-order valence-electron chi connectivity index (χ0n) is 19.3. The molecule has 3 N–H and O–H groups in total. The van der Waals surface area contributed by atoms with Crippen molar-refractivity contribution in [3.8, 4) is 0 Å². The number of halogens is 3. The van der Waals surface area contributed by atoms with Gasteiger partial charge in [-0.1, -0.05) is 18.2 Å². The van der Waals surface area contributed by atoms with Crippen molar-refractivity contribution in [2.75, 3.05) is 53.7 Å². The van der Waals surface area contributed by atoms with Crippen LogP contribution in [-0.4, -0.2) is 44.7 Å². The second-order valence-electron chi connectivity index (χ2n) is 8.13. The van der Waals surface area contributed by atoms with E-state index in [-0.39, 0.29) is 17.9 Å². The molecule has 2 amide bonds. The Kier molecular flexibility index (Phi) is 7.74. The third-order valence-corrected chi connectivity index (χ3v) is 5.59. The molecule has 0 bridgehead atoms. The van der Waals surface area contributed by atoms with Gasteiger partial charge in [-0.2, -0.15) is 13.2 Å². The number of nitrogens with zero attached hydrogens (tertiary/aromatic N) is 1. The van der Waals surface area contributed by atoms with Gasteiger partial charge in [0.2, 0.25) is 5.91 Å². The first kappa shape index (κ1) is 25.1. The first-order valence-corrected chi connectivity index (χ1v) is 11.3. The summed E-state index contributed by atoms with van der Waals surface area (Å²) >= 11 is 0. The molecule has 188 valence electrons. The monoisotopic (exact) mass is 498 g/mol. The van der Waals surface area contributed by atoms with E-state index in [2.05, 4.69) is 20.9 Å². The lowest BCUT2D eigenvalue weighted by Gasteiger charge is -2.28. The number of anilines is 4. The highest BCUT2D eigenvalue weighted by Gasteiger charge is 2.34. The van der Waals surface area contributed by atoms with Crippen molar-refractivity contribution in [1.82, 2.24) is 0 Å². The number of amides is 2. The maximum absolute atomic E-state index is 13.7. The molecule has 0 unspecified atom stereocenters. The molecule has 3 aromatic rings. The van der Waals surface area contributed by atoms with Crippen molar-refractivity contribution in [2.45, 2.75) is 6.18 Å². The molecular formula is C26H25F3N4O3. The molecule has 0 radical (unpaired) electrons. The van der Waals surface area contributed by atoms with E-state index in [1.165, 1.54) is 12.1 Å². The molecule has 0 atom stereocenters. The van der Waals surface area contributed by atoms with E-state index in [1.54, 1.807) is 42.5 Å². The van der Waals surface area contributed by atoms with E-state index in [1.807, 2.05) is 12.1 Å². The molecule has 0 spiro atoms. The van der Waals surface area contributed by atoms with Crippen LogP contribution in [0.4, 0.5) is 35.9 Å². The Hall–Kier alpha value is -4.05. The Morgan fingerprint density at radius 2 is 1.53 bits per heavy atom. The van der Waals surface area contributed by atoms with Gasteiger partial charge < -0.3 is 25.6 Å². The van der Waals surface area contributed by atoms with Crippen LogP contribution < -0.4 is 20.9 Å². The molecule has 0 aromatic heterocycles. The number of hydrogen-bond donors (Lipinski definition) is 3. The van der Waals surface area contributed by atoms with Crippen molar-refractivity contribution < 1.29 is 27.5 Å². The minimum absolute atomic E-state index is 0.00784. The molecule has 1 heterocycles. The molecule has 0 aliphatic carbocycles. The first-order chi connectivity index (χ1) is 17.3. The zero-order chi connectivity index (χ0) is 25.5. The van der Waals surface area contributed by atoms with Crippen LogP contribution in [0.5, 0.6) is 0 Å². The molecule has 4 rings (SSSR count). The van der Waals surface area contributed by atoms with Gasteiger partial charge in [0, 0.05) is 41.4 Å². The standard InChI is InChI=1S/C26H25F3N4O3/c27-26(28,29)22-16-20(32-25(35)18-4-2-1-3-5-18)8-11-23(22)30-17-24(34)31-19-6-9-21(10-7-19)33-12-14-36-15-13-33/h1-11,16,30H,12-15,17H2,(H,31,34)(H,32,35). The lowest BCUT2D eigenvalue weighted by molar-refractivity contribution is -0.137. The van der Waals surface area contributed by atoms with Crippen LogP contribution in [0, 0.1) is 0 Å². The quantitative estimate of drug-likeness (QED) is 0.434. The minimum atomic E-state index is -4.69. The predicted molar refractivity (Wildman–Crippen MR) is 132 cm³/mol. The third kappa shape index (κ3) is 6.54. The summed E-state index contributed by atoms with van der Waals surface area (Å²) in [7, 11) is 0. The van der Waals surface area contributed by atoms with Gasteiger partial charge in [0.15, 0.2) is 0 Å². The van der Waals surface area contributed by atoms with Crippen LogP contribution in [0.1, 0.15) is 15.9 Å². The molecule has 10 heteroatoms. The Morgan fingerprint density at radius 3 is 2.19 bits per heavy atom. The Labute approximate surface area is 206 Å². The highest BCUT2D eigenvalue weighted by Crippen LogP contribution is 2.36. The predicted octanol–water partition coefficient (Wildman–Crippen LogP) is 4.84. The van der Waals surface area contributed by atoms with Gasteiger partial charge >= 0.3 is 6.18 Å². The van der Waals surface area contributed by atoms with Crippen molar-refractivity contribution in [3.05, 3.63) is 83.9 Å². The Bertz CT molecular complexity index is 1200. The molecule has 1 aliphatic rings. The van der Waals surface area contributed by atoms with Gasteiger partial charge in [0.25, 0.3) is 5.91 Å². The Morgan fingerprint density at radius 1 is 0.861 bits per heavy atom. The Balaban J connectivity index is 1.37. The highest BCUT2D eigenvalue weighted by atomic mass is 19.4. The van der Waals surface area contributed by atoms with Crippen molar-refractivity contribution >= 4 is 34.6 Å². The van der Waals surface area contributed by atoms with Gasteiger partial charge in [0.1, 0.15) is 0 Å². The smallest absolute Gasteiger partial charge is 0.378 e. The fourth-order valence-corrected chi connectivity index (χ4v) is 3.76. The maximum atomic E-state index is 13.7. The summed E-state index contributed by atoms with van der Waals surface area (Å²) in [5.74, 6) is -1.02. The number of benzene rings is 3. The number of nitrogens with one attached hydrogen (secondary N) is 3. The van der Waals surface area contributed by atoms with Crippen LogP contribution in [0.25, 0.3) is 0 Å². The fraction of sp³-hybridized carbons (Fsp3) is 0.231. The van der Waals surface area contributed by atoms with Gasteiger partial charge in [-0.15, -0.1) is 0 Å². The summed E-state index contributed by atoms with van der Waals surface area (Å²) < 4.78 is 46.4. The molecule has 3 aromatic carbocycles. The summed E-state index contributed by atoms with van der Waals surface area (Å²) in [5, 5.41) is 7.69. The van der Waals surface area contributed by atoms with Gasteiger partial charge in [0.05, 0.1) is 25.3 Å². The molecular weight excluding hydrogens is 473 g/mol. The van der Waals surface area contributed by atoms with Crippen LogP contribution in [0.2, 0.25) is 0 Å². The molecule has 0 saturated carbocycles. The number of alkyl halides is 3. The van der Waals surface area contributed by atoms with E-state index < -0.39 is 23.6 Å². The second kappa shape index (κ2) is 11.1. The van der Waals surface area contributed by atoms with Gasteiger partial charge in [-0.3, -0.25) is 9.59 Å². The largest absolute Gasteiger partial charge is 0.418 e. The van der Waals surface area contributed by atoms with Crippen LogP contribution in [0.15, 0.2) is 72.8 Å². The summed E-state index contributed by atoms with van der Waals surface area (Å²) in [6, 6.07) is 18.8. The highest BCUT2D eigenvalue weighted by molar-refractivity contribution is 6.04. The van der Waals surface area contributed by atoms with E-state index in [0.717, 1.165) is 24.8 Å². The van der Waals surface area contributed by atoms with E-state index >= 15 is 0 Å². The van der Waals surface area contributed by atoms with Crippen LogP contribution >= 0.6 is 0 Å². The lowest BCUT2D eigenvalue weighted by atomic mass is 10.1. The number of rotatable bonds is 7. The number of carbonyl (C=O) groups excluding carboxylic acids is 2. The lowest BCUT2D eigenvalue weighted by Crippen LogP contribution is -2.36. The topological polar surface area (TPSA) is 82.7 Å². The summed E-state index contributed by atoms with van der Waals surface area (Å²) in [6.45, 7) is 2.51. The normalized spacial score (nSPS) is 13.7. The van der Waals surface area contributed by atoms with Crippen LogP contribution in [-0.2, 0) is 15.7 Å². The second-order valence-corrected chi connectivity index (χ2v) is 8.13. The zero-order valence-corrected chi connectivity index (χ0v) is 19.3. The van der Waals surface area contributed by atoms with E-state index in [9.17, 15) is 22.8 Å². The summed E-state index contributed by atoms with van der Waals surface area (Å²) in [4.78, 5) is 26.8. The minimum Gasteiger partial charge on any atom is -0.378 e. The average Bonchev–Trinajstić information content (AvgIpc) is 2.89. The van der Waals surface area contributed by atoms with E-state index in [0.29, 0.717) is 24.5 Å². The van der Waals surface area contributed by atoms with Gasteiger partial charge in [-0.05, 0) is 54.6 Å². The van der Waals surface area contributed by atoms with E-state index in [4.69, 9.17) is 4.74 Å². The SMILES string of the molecule is O=C(CNc1ccc(NC(=O)c2ccccc2)cc1C(F)(F)F)Nc1ccc(N2CCOCC2)cc1. The number of ether oxygens (including phenoxy) is 1. The van der Waals surface area contributed by atoms with Crippen molar-refractivity contribution in [1.29, 1.82) is 0 Å². The molecule has 1 saturated heterocycles. The van der Waals surface area contributed by atoms with Crippen LogP contribution in [0.3, 0.4) is 0 Å². The fourth-order valence-electron chi connectivity index (χ4n) is 3.76. The van der Waals surface area contributed by atoms with Crippen molar-refractivity contribution in [3.63, 3.8) is 0 Å². The molecule has 1 aliphatic heterocycles. The number of hydrogen-bond acceptors (Lipinski definition) is 5. The third-order valence-electron chi connectivity index (χ3n) is 5.59. The molecule has 36 heavy (non-hydrogen) atoms. The molecule has 7 nitrogen and oxygen atoms in total. The average molecular weight is 499 g/mol. The number of carbonyl (C=O) groups is 2. The first-order valence-electron chi connectivity index (χ1n) is 11.3. The van der Waals surface area contributed by atoms with Crippen molar-refractivity contribution in [2.24, 2.45) is 0 Å². The molecule has 1 fully saturated rings. The number of morpholine rings is 1. The van der Waals surface area contributed by atoms with Gasteiger partial charge in [-0.25, -0.2) is 0 Å². The summed E-state index contributed by atoms with van der Waals surface area (Å²) in [5.41, 5.74) is 0.598.